The van der Waals surface area contributed by atoms with E-state index in [-0.39, 0.29) is 35.7 Å². The molecule has 42 heavy (non-hydrogen) atoms. The molecule has 1 aliphatic carbocycles. The molecule has 0 unspecified atom stereocenters. The minimum absolute atomic E-state index is 0.0367. The van der Waals surface area contributed by atoms with Crippen LogP contribution in [0, 0.1) is 5.41 Å². The fourth-order valence-electron chi connectivity index (χ4n) is 4.70. The van der Waals surface area contributed by atoms with E-state index in [2.05, 4.69) is 25.4 Å². The molecule has 2 aromatic carbocycles. The van der Waals surface area contributed by atoms with E-state index in [0.717, 1.165) is 25.0 Å². The van der Waals surface area contributed by atoms with Gasteiger partial charge in [-0.25, -0.2) is 13.9 Å². The van der Waals surface area contributed by atoms with Crippen LogP contribution in [0.25, 0.3) is 0 Å². The van der Waals surface area contributed by atoms with Gasteiger partial charge in [0.05, 0.1) is 11.5 Å². The number of carbonyl (C=O) groups is 1. The summed E-state index contributed by atoms with van der Waals surface area (Å²) in [6.45, 7) is 1.50. The average molecular weight is 613 g/mol. The molecular weight excluding hydrogens is 581 g/mol. The van der Waals surface area contributed by atoms with Crippen LogP contribution in [-0.4, -0.2) is 73.7 Å². The van der Waals surface area contributed by atoms with Crippen molar-refractivity contribution in [3.63, 3.8) is 0 Å². The highest BCUT2D eigenvalue weighted by atomic mass is 32.2. The second kappa shape index (κ2) is 13.0. The van der Waals surface area contributed by atoms with Gasteiger partial charge < -0.3 is 14.4 Å². The fraction of sp³-hybridized carbons (Fsp3) is 0.462. The molecule has 1 heterocycles. The van der Waals surface area contributed by atoms with Crippen molar-refractivity contribution in [2.45, 2.75) is 54.2 Å². The van der Waals surface area contributed by atoms with Crippen molar-refractivity contribution in [2.75, 3.05) is 26.2 Å². The van der Waals surface area contributed by atoms with Gasteiger partial charge in [-0.3, -0.25) is 20.8 Å². The molecule has 2 fully saturated rings. The predicted molar refractivity (Wildman–Crippen MR) is 143 cm³/mol. The molecule has 2 aromatic rings. The van der Waals surface area contributed by atoms with Gasteiger partial charge in [-0.1, -0.05) is 5.22 Å². The number of carbonyl (C=O) groups excluding carboxylic acids is 1. The topological polar surface area (TPSA) is 166 Å². The summed E-state index contributed by atoms with van der Waals surface area (Å²) in [4.78, 5) is 14.8. The summed E-state index contributed by atoms with van der Waals surface area (Å²) in [6, 6.07) is 10.9. The lowest BCUT2D eigenvalue weighted by Gasteiger charge is -2.39. The Morgan fingerprint density at radius 1 is 1.07 bits per heavy atom. The monoisotopic (exact) mass is 612 g/mol. The highest BCUT2D eigenvalue weighted by Crippen LogP contribution is 2.39. The lowest BCUT2D eigenvalue weighted by atomic mass is 9.94. The first-order valence-electron chi connectivity index (χ1n) is 13.2. The second-order valence-corrected chi connectivity index (χ2v) is 12.2. The van der Waals surface area contributed by atoms with Crippen LogP contribution >= 0.6 is 0 Å². The van der Waals surface area contributed by atoms with E-state index in [4.69, 9.17) is 10.1 Å². The molecule has 228 valence electrons. The number of benzene rings is 2. The van der Waals surface area contributed by atoms with Crippen molar-refractivity contribution in [1.82, 2.24) is 15.8 Å². The molecule has 1 saturated heterocycles. The normalized spacial score (nSPS) is 17.5. The predicted octanol–water partition coefficient (Wildman–Crippen LogP) is 3.61. The molecular formula is C26H31F3N6O6S. The van der Waals surface area contributed by atoms with E-state index < -0.39 is 32.6 Å². The van der Waals surface area contributed by atoms with Gasteiger partial charge in [-0.15, -0.1) is 18.3 Å². The molecule has 0 aromatic heterocycles. The lowest BCUT2D eigenvalue weighted by molar-refractivity contribution is -0.274. The molecule has 1 amide bonds. The van der Waals surface area contributed by atoms with E-state index in [1.165, 1.54) is 36.4 Å². The quantitative estimate of drug-likeness (QED) is 0.0705. The van der Waals surface area contributed by atoms with Gasteiger partial charge >= 0.3 is 6.36 Å². The van der Waals surface area contributed by atoms with Crippen LogP contribution in [0.5, 0.6) is 11.5 Å². The molecule has 2 aliphatic rings. The Kier molecular flexibility index (Phi) is 9.68. The van der Waals surface area contributed by atoms with Gasteiger partial charge in [0.1, 0.15) is 11.5 Å². The summed E-state index contributed by atoms with van der Waals surface area (Å²) in [5.74, 6) is -1.18. The SMILES string of the molecule is N=C(/N=N\NCCCOc1ccc(S(=O)(=O)C2(C(=O)NO)CCN(C3CC3)CC2)cc1)c1ccc(OC(F)(F)F)cc1. The van der Waals surface area contributed by atoms with Crippen LogP contribution in [0.1, 0.15) is 37.7 Å². The Bertz CT molecular complexity index is 1370. The van der Waals surface area contributed by atoms with Gasteiger partial charge in [-0.05, 0) is 74.2 Å². The van der Waals surface area contributed by atoms with E-state index in [1.807, 2.05) is 0 Å². The van der Waals surface area contributed by atoms with E-state index in [9.17, 15) is 31.6 Å². The number of amides is 1. The van der Waals surface area contributed by atoms with Gasteiger partial charge in [0.25, 0.3) is 5.91 Å². The summed E-state index contributed by atoms with van der Waals surface area (Å²) in [5.41, 5.74) is 4.45. The minimum Gasteiger partial charge on any atom is -0.494 e. The van der Waals surface area contributed by atoms with E-state index in [1.54, 1.807) is 5.48 Å². The number of hydrogen-bond acceptors (Lipinski definition) is 9. The number of piperidine rings is 1. The number of hydroxylamine groups is 1. The first-order valence-corrected chi connectivity index (χ1v) is 14.7. The maximum atomic E-state index is 13.6. The van der Waals surface area contributed by atoms with Crippen molar-refractivity contribution in [2.24, 2.45) is 10.3 Å². The molecule has 1 aliphatic heterocycles. The molecule has 4 N–H and O–H groups in total. The molecule has 1 saturated carbocycles. The molecule has 0 bridgehead atoms. The first kappa shape index (κ1) is 31.2. The van der Waals surface area contributed by atoms with Crippen LogP contribution in [-0.2, 0) is 14.6 Å². The Labute approximate surface area is 240 Å². The number of rotatable bonds is 12. The number of nitrogens with one attached hydrogen (secondary N) is 3. The number of alkyl halides is 3. The number of halogens is 3. The average Bonchev–Trinajstić information content (AvgIpc) is 3.81. The molecule has 0 spiro atoms. The molecule has 12 nitrogen and oxygen atoms in total. The molecule has 4 rings (SSSR count). The number of likely N-dealkylation sites (tertiary alicyclic amines) is 1. The molecule has 16 heteroatoms. The number of sulfone groups is 1. The highest BCUT2D eigenvalue weighted by Gasteiger charge is 2.54. The zero-order valence-corrected chi connectivity index (χ0v) is 23.2. The van der Waals surface area contributed by atoms with Crippen LogP contribution in [0.3, 0.4) is 0 Å². The van der Waals surface area contributed by atoms with Gasteiger partial charge in [-0.2, -0.15) is 0 Å². The largest absolute Gasteiger partial charge is 0.573 e. The summed E-state index contributed by atoms with van der Waals surface area (Å²) >= 11 is 0. The van der Waals surface area contributed by atoms with Crippen molar-refractivity contribution < 1.29 is 41.1 Å². The van der Waals surface area contributed by atoms with Gasteiger partial charge in [0.15, 0.2) is 20.4 Å². The van der Waals surface area contributed by atoms with Crippen LogP contribution in [0.15, 0.2) is 63.8 Å². The Hall–Kier alpha value is -3.76. The first-order chi connectivity index (χ1) is 19.9. The van der Waals surface area contributed by atoms with Gasteiger partial charge in [0.2, 0.25) is 0 Å². The van der Waals surface area contributed by atoms with E-state index in [0.29, 0.717) is 37.8 Å². The zero-order valence-electron chi connectivity index (χ0n) is 22.4. The van der Waals surface area contributed by atoms with Crippen LogP contribution < -0.4 is 20.4 Å². The minimum atomic E-state index is -4.80. The fourth-order valence-corrected chi connectivity index (χ4v) is 6.65. The van der Waals surface area contributed by atoms with Crippen molar-refractivity contribution >= 4 is 21.6 Å². The maximum absolute atomic E-state index is 13.6. The van der Waals surface area contributed by atoms with Crippen molar-refractivity contribution in [3.05, 3.63) is 54.1 Å². The summed E-state index contributed by atoms with van der Waals surface area (Å²) in [6.07, 6.45) is -2.01. The highest BCUT2D eigenvalue weighted by molar-refractivity contribution is 7.93. The third-order valence-electron chi connectivity index (χ3n) is 7.12. The Balaban J connectivity index is 1.22. The Morgan fingerprint density at radius 3 is 2.26 bits per heavy atom. The standard InChI is InChI=1S/C26H31F3N6O6S/c27-26(28,29)41-21-6-2-18(3-7-21)23(30)32-34-31-14-1-17-40-20-8-10-22(11-9-20)42(38,39)25(24(36)33-37)12-15-35(16-13-25)19-4-5-19/h2-3,6-11,19,37H,1,4-5,12-17H2,(H,33,36)(H2,30,31,32). The number of nitrogens with zero attached hydrogens (tertiary/aromatic N) is 3. The summed E-state index contributed by atoms with van der Waals surface area (Å²) in [7, 11) is -4.11. The smallest absolute Gasteiger partial charge is 0.494 e. The lowest BCUT2D eigenvalue weighted by Crippen LogP contribution is -2.58. The maximum Gasteiger partial charge on any atom is 0.573 e. The zero-order chi connectivity index (χ0) is 30.4. The van der Waals surface area contributed by atoms with Crippen molar-refractivity contribution in [1.29, 1.82) is 5.41 Å². The summed E-state index contributed by atoms with van der Waals surface area (Å²) in [5, 5.41) is 24.5. The van der Waals surface area contributed by atoms with E-state index >= 15 is 0 Å². The summed E-state index contributed by atoms with van der Waals surface area (Å²) < 4.78 is 71.5. The third kappa shape index (κ3) is 7.54. The van der Waals surface area contributed by atoms with Crippen LogP contribution in [0.4, 0.5) is 13.2 Å². The second-order valence-electron chi connectivity index (χ2n) is 9.91. The van der Waals surface area contributed by atoms with Crippen molar-refractivity contribution in [3.8, 4) is 11.5 Å². The van der Waals surface area contributed by atoms with Crippen LogP contribution in [0.2, 0.25) is 0 Å². The number of amidine groups is 1. The molecule has 0 radical (unpaired) electrons. The number of ether oxygens (including phenoxy) is 2. The number of hydrogen-bond donors (Lipinski definition) is 4. The van der Waals surface area contributed by atoms with Gasteiger partial charge in [0, 0.05) is 37.7 Å². The Morgan fingerprint density at radius 2 is 1.69 bits per heavy atom. The third-order valence-corrected chi connectivity index (χ3v) is 9.63. The molecule has 0 atom stereocenters.